The van der Waals surface area contributed by atoms with E-state index in [-0.39, 0.29) is 16.7 Å². The summed E-state index contributed by atoms with van der Waals surface area (Å²) in [5.74, 6) is 0. The summed E-state index contributed by atoms with van der Waals surface area (Å²) in [6.07, 6.45) is 2.02. The summed E-state index contributed by atoms with van der Waals surface area (Å²) in [4.78, 5) is 0. The number of ether oxygens (including phenoxy) is 1. The maximum absolute atomic E-state index is 7.08. The van der Waals surface area contributed by atoms with Crippen molar-refractivity contribution < 1.29 is 13.6 Å². The van der Waals surface area contributed by atoms with Crippen LogP contribution in [0.4, 0.5) is 0 Å². The number of hydrogen-bond donors (Lipinski definition) is 0. The van der Waals surface area contributed by atoms with Crippen molar-refractivity contribution in [3.8, 4) is 0 Å². The van der Waals surface area contributed by atoms with Gasteiger partial charge in [-0.25, -0.2) is 0 Å². The van der Waals surface area contributed by atoms with Gasteiger partial charge in [-0.1, -0.05) is 81.4 Å². The van der Waals surface area contributed by atoms with Gasteiger partial charge >= 0.3 is 0 Å². The normalized spacial score (nSPS) is 20.5. The molecule has 1 heterocycles. The number of rotatable bonds is 10. The summed E-state index contributed by atoms with van der Waals surface area (Å²) in [7, 11) is -4.15. The molecule has 3 nitrogen and oxygen atoms in total. The smallest absolute Gasteiger partial charge is 0.261 e. The van der Waals surface area contributed by atoms with Gasteiger partial charge in [0.25, 0.3) is 8.32 Å². The van der Waals surface area contributed by atoms with Gasteiger partial charge in [-0.3, -0.25) is 0 Å². The first-order valence-corrected chi connectivity index (χ1v) is 16.8. The molecule has 0 amide bonds. The maximum atomic E-state index is 7.08. The number of epoxide rings is 1. The molecule has 3 rings (SSSR count). The predicted octanol–water partition coefficient (Wildman–Crippen LogP) is 5.35. The summed E-state index contributed by atoms with van der Waals surface area (Å²) >= 11 is 0. The van der Waals surface area contributed by atoms with E-state index >= 15 is 0 Å². The molecule has 0 saturated carbocycles. The Morgan fingerprint density at radius 2 is 1.42 bits per heavy atom. The fraction of sp³-hybridized carbons (Fsp3) is 0.538. The Hall–Kier alpha value is -1.25. The minimum atomic E-state index is -2.49. The van der Waals surface area contributed by atoms with Crippen LogP contribution in [0.3, 0.4) is 0 Å². The quantitative estimate of drug-likeness (QED) is 0.356. The highest BCUT2D eigenvalue weighted by atomic mass is 28.4. The Kier molecular flexibility index (Phi) is 7.33. The lowest BCUT2D eigenvalue weighted by Gasteiger charge is -2.43. The van der Waals surface area contributed by atoms with E-state index in [0.29, 0.717) is 6.61 Å². The van der Waals surface area contributed by atoms with Crippen LogP contribution < -0.4 is 10.4 Å². The van der Waals surface area contributed by atoms with Crippen LogP contribution >= 0.6 is 0 Å². The predicted molar refractivity (Wildman–Crippen MR) is 135 cm³/mol. The highest BCUT2D eigenvalue weighted by molar-refractivity contribution is 6.99. The Labute approximate surface area is 191 Å². The van der Waals surface area contributed by atoms with E-state index in [4.69, 9.17) is 13.6 Å². The minimum Gasteiger partial charge on any atom is -0.415 e. The standard InChI is InChI=1S/C26H40O3Si2/c1-25(2,3)31(23-14-10-8-11-15-23,24-16-12-9-13-17-24)28-19-18-22(29-30(5,6)7)20-26(4)21-27-26/h8-17,22H,18-21H2,1-7H3/t22-,26-/m0/s1. The van der Waals surface area contributed by atoms with Gasteiger partial charge in [0.1, 0.15) is 0 Å². The highest BCUT2D eigenvalue weighted by Crippen LogP contribution is 2.38. The van der Waals surface area contributed by atoms with Gasteiger partial charge in [-0.05, 0) is 48.4 Å². The third-order valence-corrected chi connectivity index (χ3v) is 12.1. The van der Waals surface area contributed by atoms with Gasteiger partial charge in [0.05, 0.1) is 12.2 Å². The lowest BCUT2D eigenvalue weighted by atomic mass is 10.0. The van der Waals surface area contributed by atoms with Crippen molar-refractivity contribution >= 4 is 27.0 Å². The van der Waals surface area contributed by atoms with Gasteiger partial charge in [0.2, 0.25) is 0 Å². The molecule has 170 valence electrons. The van der Waals surface area contributed by atoms with Gasteiger partial charge in [0, 0.05) is 19.1 Å². The molecule has 0 bridgehead atoms. The van der Waals surface area contributed by atoms with Crippen LogP contribution in [0.2, 0.25) is 24.7 Å². The molecule has 2 aromatic rings. The molecule has 0 N–H and O–H groups in total. The first kappa shape index (κ1) is 24.4. The van der Waals surface area contributed by atoms with Crippen LogP contribution in [0, 0.1) is 0 Å². The van der Waals surface area contributed by atoms with E-state index in [2.05, 4.69) is 108 Å². The fourth-order valence-corrected chi connectivity index (χ4v) is 10.3. The van der Waals surface area contributed by atoms with Crippen LogP contribution in [-0.2, 0) is 13.6 Å². The van der Waals surface area contributed by atoms with Crippen LogP contribution in [0.5, 0.6) is 0 Å². The summed E-state index contributed by atoms with van der Waals surface area (Å²) in [5, 5.41) is 2.65. The summed E-state index contributed by atoms with van der Waals surface area (Å²) in [6.45, 7) is 17.5. The Balaban J connectivity index is 1.88. The topological polar surface area (TPSA) is 31.0 Å². The van der Waals surface area contributed by atoms with Crippen molar-refractivity contribution in [2.75, 3.05) is 13.2 Å². The zero-order valence-corrected chi connectivity index (χ0v) is 22.4. The lowest BCUT2D eigenvalue weighted by Crippen LogP contribution is -2.66. The van der Waals surface area contributed by atoms with Gasteiger partial charge in [-0.15, -0.1) is 0 Å². The van der Waals surface area contributed by atoms with E-state index in [9.17, 15) is 0 Å². The first-order valence-electron chi connectivity index (χ1n) is 11.5. The molecule has 2 atom stereocenters. The second-order valence-corrected chi connectivity index (χ2v) is 19.9. The fourth-order valence-electron chi connectivity index (χ4n) is 4.53. The average molecular weight is 457 g/mol. The van der Waals surface area contributed by atoms with Crippen molar-refractivity contribution in [2.45, 2.75) is 76.9 Å². The van der Waals surface area contributed by atoms with Crippen molar-refractivity contribution in [3.05, 3.63) is 60.7 Å². The average Bonchev–Trinajstić information content (AvgIpc) is 3.41. The second-order valence-electron chi connectivity index (χ2n) is 11.1. The van der Waals surface area contributed by atoms with Crippen molar-refractivity contribution in [2.24, 2.45) is 0 Å². The molecule has 1 saturated heterocycles. The van der Waals surface area contributed by atoms with Crippen LogP contribution in [-0.4, -0.2) is 41.6 Å². The maximum Gasteiger partial charge on any atom is 0.261 e. The number of benzene rings is 2. The van der Waals surface area contributed by atoms with E-state index in [1.807, 2.05) is 0 Å². The van der Waals surface area contributed by atoms with Crippen molar-refractivity contribution in [1.29, 1.82) is 0 Å². The molecule has 0 spiro atoms. The van der Waals surface area contributed by atoms with E-state index in [1.54, 1.807) is 0 Å². The Morgan fingerprint density at radius 3 is 1.81 bits per heavy atom. The van der Waals surface area contributed by atoms with Crippen LogP contribution in [0.1, 0.15) is 40.5 Å². The molecular weight excluding hydrogens is 416 g/mol. The molecular formula is C26H40O3Si2. The molecule has 1 aliphatic rings. The molecule has 2 aromatic carbocycles. The first-order chi connectivity index (χ1) is 14.5. The van der Waals surface area contributed by atoms with Crippen LogP contribution in [0.25, 0.3) is 0 Å². The molecule has 31 heavy (non-hydrogen) atoms. The SMILES string of the molecule is CC(C)(C)[Si](OCC[C@@H](C[C@@]1(C)CO1)O[Si](C)(C)C)(c1ccccc1)c1ccccc1. The molecule has 0 unspecified atom stereocenters. The monoisotopic (exact) mass is 456 g/mol. The Bertz CT molecular complexity index is 774. The van der Waals surface area contributed by atoms with E-state index in [1.165, 1.54) is 10.4 Å². The second kappa shape index (κ2) is 9.32. The zero-order chi connectivity index (χ0) is 22.8. The van der Waals surface area contributed by atoms with Crippen molar-refractivity contribution in [3.63, 3.8) is 0 Å². The largest absolute Gasteiger partial charge is 0.415 e. The van der Waals surface area contributed by atoms with Gasteiger partial charge in [0.15, 0.2) is 8.32 Å². The van der Waals surface area contributed by atoms with Crippen LogP contribution in [0.15, 0.2) is 60.7 Å². The third-order valence-electron chi connectivity index (χ3n) is 5.99. The minimum absolute atomic E-state index is 0.00355. The summed E-state index contributed by atoms with van der Waals surface area (Å²) in [6, 6.07) is 21.7. The molecule has 0 aliphatic carbocycles. The number of hydrogen-bond acceptors (Lipinski definition) is 3. The van der Waals surface area contributed by atoms with Gasteiger partial charge in [-0.2, -0.15) is 0 Å². The lowest BCUT2D eigenvalue weighted by molar-refractivity contribution is 0.117. The molecule has 1 fully saturated rings. The Morgan fingerprint density at radius 1 is 0.935 bits per heavy atom. The molecule has 5 heteroatoms. The molecule has 0 radical (unpaired) electrons. The van der Waals surface area contributed by atoms with Gasteiger partial charge < -0.3 is 13.6 Å². The van der Waals surface area contributed by atoms with E-state index in [0.717, 1.165) is 19.4 Å². The third kappa shape index (κ3) is 6.17. The zero-order valence-electron chi connectivity index (χ0n) is 20.4. The molecule has 1 aliphatic heterocycles. The van der Waals surface area contributed by atoms with E-state index < -0.39 is 16.6 Å². The molecule has 0 aromatic heterocycles. The van der Waals surface area contributed by atoms with Crippen molar-refractivity contribution in [1.82, 2.24) is 0 Å². The highest BCUT2D eigenvalue weighted by Gasteiger charge is 2.50. The summed E-state index contributed by atoms with van der Waals surface area (Å²) in [5.41, 5.74) is -0.0122. The summed E-state index contributed by atoms with van der Waals surface area (Å²) < 4.78 is 19.3.